The molecule has 0 fully saturated rings. The average molecular weight is 330 g/mol. The first-order valence-corrected chi connectivity index (χ1v) is 10.0. The molecule has 0 amide bonds. The van der Waals surface area contributed by atoms with Crippen molar-refractivity contribution in [3.05, 3.63) is 57.6 Å². The topological polar surface area (TPSA) is 41.1 Å². The Balaban J connectivity index is 2.33. The number of benzene rings is 2. The van der Waals surface area contributed by atoms with Crippen LogP contribution in [0.5, 0.6) is 0 Å². The van der Waals surface area contributed by atoms with E-state index in [2.05, 4.69) is 48.3 Å². The lowest BCUT2D eigenvalue weighted by Gasteiger charge is -2.24. The lowest BCUT2D eigenvalue weighted by molar-refractivity contribution is 0.585. The van der Waals surface area contributed by atoms with Gasteiger partial charge in [0.2, 0.25) is 0 Å². The van der Waals surface area contributed by atoms with E-state index >= 15 is 0 Å². The van der Waals surface area contributed by atoms with Crippen molar-refractivity contribution in [3.8, 4) is 0 Å². The number of aryl methyl sites for hydroxylation is 6. The monoisotopic (exact) mass is 330 g/mol. The molecular formula is C19H27N2OP. The fourth-order valence-electron chi connectivity index (χ4n) is 3.17. The SMILES string of the molecule is Cc1cc(C)c(NP(C)(=O)Nc2c(C)cc(C)cc2C)c(C)c1. The fourth-order valence-corrected chi connectivity index (χ4v) is 4.78. The van der Waals surface area contributed by atoms with Crippen LogP contribution in [-0.2, 0) is 4.57 Å². The third-order valence-electron chi connectivity index (χ3n) is 4.00. The molecule has 2 aromatic carbocycles. The molecule has 2 aromatic rings. The van der Waals surface area contributed by atoms with Crippen molar-refractivity contribution in [2.75, 3.05) is 16.8 Å². The molecule has 0 heterocycles. The van der Waals surface area contributed by atoms with E-state index in [1.807, 2.05) is 27.7 Å². The molecule has 0 atom stereocenters. The lowest BCUT2D eigenvalue weighted by atomic mass is 10.1. The summed E-state index contributed by atoms with van der Waals surface area (Å²) in [5.74, 6) is 0. The standard InChI is InChI=1S/C19H27N2OP/c1-12-8-14(3)18(15(4)9-12)20-23(7,22)21-19-16(5)10-13(2)11-17(19)6/h8-11H,1-7H3,(H2,20,21,22). The molecule has 0 spiro atoms. The Morgan fingerprint density at radius 2 is 0.913 bits per heavy atom. The molecule has 3 nitrogen and oxygen atoms in total. The first-order chi connectivity index (χ1) is 10.6. The minimum atomic E-state index is -2.77. The zero-order valence-corrected chi connectivity index (χ0v) is 16.1. The maximum Gasteiger partial charge on any atom is 0.255 e. The molecule has 0 unspecified atom stereocenters. The Kier molecular flexibility index (Phi) is 4.91. The van der Waals surface area contributed by atoms with Gasteiger partial charge in [-0.05, 0) is 63.8 Å². The quantitative estimate of drug-likeness (QED) is 0.687. The molecule has 0 saturated heterocycles. The molecule has 0 radical (unpaired) electrons. The van der Waals surface area contributed by atoms with Crippen LogP contribution in [0, 0.1) is 41.5 Å². The Morgan fingerprint density at radius 1 is 0.652 bits per heavy atom. The number of rotatable bonds is 4. The second kappa shape index (κ2) is 6.41. The first-order valence-electron chi connectivity index (χ1n) is 7.89. The summed E-state index contributed by atoms with van der Waals surface area (Å²) in [4.78, 5) is 0. The van der Waals surface area contributed by atoms with Crippen LogP contribution in [0.15, 0.2) is 24.3 Å². The summed E-state index contributed by atoms with van der Waals surface area (Å²) >= 11 is 0. The Hall–Kier alpha value is -1.73. The van der Waals surface area contributed by atoms with Gasteiger partial charge in [0.1, 0.15) is 0 Å². The zero-order valence-electron chi connectivity index (χ0n) is 15.2. The average Bonchev–Trinajstić information content (AvgIpc) is 2.38. The van der Waals surface area contributed by atoms with Gasteiger partial charge in [0.05, 0.1) is 0 Å². The molecule has 2 N–H and O–H groups in total. The van der Waals surface area contributed by atoms with Gasteiger partial charge in [0.25, 0.3) is 7.44 Å². The van der Waals surface area contributed by atoms with E-state index in [1.165, 1.54) is 11.1 Å². The highest BCUT2D eigenvalue weighted by molar-refractivity contribution is 7.66. The first kappa shape index (κ1) is 17.6. The third kappa shape index (κ3) is 4.17. The van der Waals surface area contributed by atoms with E-state index in [1.54, 1.807) is 6.66 Å². The van der Waals surface area contributed by atoms with Gasteiger partial charge in [-0.15, -0.1) is 0 Å². The van der Waals surface area contributed by atoms with Crippen LogP contribution in [0.25, 0.3) is 0 Å². The smallest absolute Gasteiger partial charge is 0.255 e. The molecule has 23 heavy (non-hydrogen) atoms. The second-order valence-electron chi connectivity index (χ2n) is 6.70. The molecule has 0 aromatic heterocycles. The maximum absolute atomic E-state index is 13.1. The summed E-state index contributed by atoms with van der Waals surface area (Å²) in [6.45, 7) is 14.1. The van der Waals surface area contributed by atoms with E-state index in [4.69, 9.17) is 0 Å². The van der Waals surface area contributed by atoms with E-state index in [0.717, 1.165) is 33.6 Å². The Morgan fingerprint density at radius 3 is 1.17 bits per heavy atom. The zero-order chi connectivity index (χ0) is 17.4. The van der Waals surface area contributed by atoms with Crippen LogP contribution in [0.4, 0.5) is 11.4 Å². The summed E-state index contributed by atoms with van der Waals surface area (Å²) in [6, 6.07) is 8.44. The summed E-state index contributed by atoms with van der Waals surface area (Å²) in [5.41, 5.74) is 8.80. The largest absolute Gasteiger partial charge is 0.320 e. The molecule has 0 aliphatic carbocycles. The summed E-state index contributed by atoms with van der Waals surface area (Å²) in [7, 11) is -2.77. The van der Waals surface area contributed by atoms with Gasteiger partial charge in [-0.3, -0.25) is 4.57 Å². The van der Waals surface area contributed by atoms with Crippen LogP contribution in [0.2, 0.25) is 0 Å². The van der Waals surface area contributed by atoms with E-state index < -0.39 is 7.44 Å². The molecule has 0 bridgehead atoms. The Labute approximate surface area is 140 Å². The lowest BCUT2D eigenvalue weighted by Crippen LogP contribution is -2.09. The molecule has 4 heteroatoms. The number of hydrogen-bond acceptors (Lipinski definition) is 1. The fraction of sp³-hybridized carbons (Fsp3) is 0.368. The predicted molar refractivity (Wildman–Crippen MR) is 102 cm³/mol. The van der Waals surface area contributed by atoms with E-state index in [9.17, 15) is 4.57 Å². The Bertz CT molecular complexity index is 686. The van der Waals surface area contributed by atoms with E-state index in [-0.39, 0.29) is 0 Å². The molecule has 0 saturated carbocycles. The van der Waals surface area contributed by atoms with Gasteiger partial charge in [-0.2, -0.15) is 0 Å². The summed E-state index contributed by atoms with van der Waals surface area (Å²) in [5, 5.41) is 6.49. The molecule has 0 aliphatic heterocycles. The molecule has 124 valence electrons. The van der Waals surface area contributed by atoms with Crippen molar-refractivity contribution in [2.45, 2.75) is 41.5 Å². The van der Waals surface area contributed by atoms with Crippen molar-refractivity contribution in [2.24, 2.45) is 0 Å². The predicted octanol–water partition coefficient (Wildman–Crippen LogP) is 5.88. The van der Waals surface area contributed by atoms with Gasteiger partial charge in [0, 0.05) is 18.0 Å². The van der Waals surface area contributed by atoms with Gasteiger partial charge in [-0.1, -0.05) is 35.4 Å². The van der Waals surface area contributed by atoms with Crippen LogP contribution >= 0.6 is 7.44 Å². The highest BCUT2D eigenvalue weighted by atomic mass is 31.2. The number of anilines is 2. The summed E-state index contributed by atoms with van der Waals surface area (Å²) < 4.78 is 13.1. The minimum absolute atomic E-state index is 0.955. The van der Waals surface area contributed by atoms with Crippen molar-refractivity contribution in [1.82, 2.24) is 0 Å². The second-order valence-corrected chi connectivity index (χ2v) is 8.99. The molecular weight excluding hydrogens is 303 g/mol. The van der Waals surface area contributed by atoms with Gasteiger partial charge < -0.3 is 10.2 Å². The van der Waals surface area contributed by atoms with Crippen LogP contribution < -0.4 is 10.2 Å². The number of nitrogens with one attached hydrogen (secondary N) is 2. The van der Waals surface area contributed by atoms with Crippen LogP contribution in [0.1, 0.15) is 33.4 Å². The highest BCUT2D eigenvalue weighted by Gasteiger charge is 2.19. The van der Waals surface area contributed by atoms with Crippen molar-refractivity contribution in [3.63, 3.8) is 0 Å². The third-order valence-corrected chi connectivity index (χ3v) is 5.30. The van der Waals surface area contributed by atoms with Crippen molar-refractivity contribution >= 4 is 18.8 Å². The molecule has 0 aliphatic rings. The van der Waals surface area contributed by atoms with E-state index in [0.29, 0.717) is 0 Å². The maximum atomic E-state index is 13.1. The number of hydrogen-bond donors (Lipinski definition) is 2. The minimum Gasteiger partial charge on any atom is -0.320 e. The van der Waals surface area contributed by atoms with Crippen molar-refractivity contribution in [1.29, 1.82) is 0 Å². The normalized spacial score (nSPS) is 11.4. The highest BCUT2D eigenvalue weighted by Crippen LogP contribution is 2.45. The summed E-state index contributed by atoms with van der Waals surface area (Å²) in [6.07, 6.45) is 0. The van der Waals surface area contributed by atoms with Gasteiger partial charge in [0.15, 0.2) is 0 Å². The van der Waals surface area contributed by atoms with Crippen molar-refractivity contribution < 1.29 is 4.57 Å². The molecule has 2 rings (SSSR count). The van der Waals surface area contributed by atoms with Crippen LogP contribution in [-0.4, -0.2) is 6.66 Å². The van der Waals surface area contributed by atoms with Crippen LogP contribution in [0.3, 0.4) is 0 Å². The van der Waals surface area contributed by atoms with Gasteiger partial charge >= 0.3 is 0 Å². The van der Waals surface area contributed by atoms with Gasteiger partial charge in [-0.25, -0.2) is 0 Å².